The monoisotopic (exact) mass is 230 g/mol. The molecule has 3 atom stereocenters. The van der Waals surface area contributed by atoms with Crippen molar-refractivity contribution in [2.24, 2.45) is 18.9 Å². The lowest BCUT2D eigenvalue weighted by atomic mass is 9.75. The van der Waals surface area contributed by atoms with Crippen LogP contribution in [0.15, 0.2) is 36.2 Å². The Bertz CT molecular complexity index is 452. The number of ether oxygens (including phenoxy) is 1. The van der Waals surface area contributed by atoms with Gasteiger partial charge in [0.25, 0.3) is 0 Å². The summed E-state index contributed by atoms with van der Waals surface area (Å²) in [5.74, 6) is 1.34. The van der Waals surface area contributed by atoms with Crippen LogP contribution in [-0.4, -0.2) is 6.61 Å². The highest BCUT2D eigenvalue weighted by Crippen LogP contribution is 2.43. The second kappa shape index (κ2) is 4.26. The van der Waals surface area contributed by atoms with Gasteiger partial charge in [0.1, 0.15) is 7.05 Å². The second-order valence-corrected chi connectivity index (χ2v) is 5.45. The van der Waals surface area contributed by atoms with Crippen molar-refractivity contribution in [3.05, 3.63) is 41.7 Å². The summed E-state index contributed by atoms with van der Waals surface area (Å²) in [6.45, 7) is 3.18. The number of aromatic nitrogens is 1. The van der Waals surface area contributed by atoms with Gasteiger partial charge in [0.2, 0.25) is 0 Å². The first-order valence-corrected chi connectivity index (χ1v) is 6.47. The zero-order valence-corrected chi connectivity index (χ0v) is 10.6. The van der Waals surface area contributed by atoms with Crippen molar-refractivity contribution in [1.29, 1.82) is 0 Å². The molecule has 0 spiro atoms. The van der Waals surface area contributed by atoms with E-state index in [2.05, 4.69) is 49.1 Å². The van der Waals surface area contributed by atoms with Gasteiger partial charge in [0.05, 0.1) is 12.7 Å². The van der Waals surface area contributed by atoms with Crippen LogP contribution in [-0.2, 0) is 11.8 Å². The van der Waals surface area contributed by atoms with E-state index < -0.39 is 0 Å². The van der Waals surface area contributed by atoms with Crippen LogP contribution >= 0.6 is 0 Å². The van der Waals surface area contributed by atoms with Crippen molar-refractivity contribution in [1.82, 2.24) is 0 Å². The van der Waals surface area contributed by atoms with Gasteiger partial charge in [-0.15, -0.1) is 0 Å². The SMILES string of the molecule is CC1=CC[C@H]2CO[C@@H](c3ccc[n+](C)c3)[C@H]1C2. The zero-order valence-electron chi connectivity index (χ0n) is 10.6. The van der Waals surface area contributed by atoms with Gasteiger partial charge in [0.15, 0.2) is 12.4 Å². The third-order valence-corrected chi connectivity index (χ3v) is 4.11. The highest BCUT2D eigenvalue weighted by atomic mass is 16.5. The molecule has 2 bridgehead atoms. The molecule has 1 saturated heterocycles. The van der Waals surface area contributed by atoms with Crippen LogP contribution in [0.1, 0.15) is 31.4 Å². The van der Waals surface area contributed by atoms with Gasteiger partial charge in [-0.3, -0.25) is 0 Å². The molecule has 0 N–H and O–H groups in total. The molecule has 1 fully saturated rings. The third-order valence-electron chi connectivity index (χ3n) is 4.11. The normalized spacial score (nSPS) is 32.1. The van der Waals surface area contributed by atoms with E-state index in [4.69, 9.17) is 4.74 Å². The summed E-state index contributed by atoms with van der Waals surface area (Å²) in [4.78, 5) is 0. The van der Waals surface area contributed by atoms with E-state index in [-0.39, 0.29) is 6.10 Å². The average molecular weight is 230 g/mol. The summed E-state index contributed by atoms with van der Waals surface area (Å²) in [6.07, 6.45) is 9.43. The van der Waals surface area contributed by atoms with Gasteiger partial charge < -0.3 is 4.74 Å². The molecule has 0 unspecified atom stereocenters. The minimum Gasteiger partial charge on any atom is -0.372 e. The molecule has 1 aromatic rings. The van der Waals surface area contributed by atoms with Crippen LogP contribution < -0.4 is 4.57 Å². The summed E-state index contributed by atoms with van der Waals surface area (Å²) in [5.41, 5.74) is 2.82. The van der Waals surface area contributed by atoms with E-state index in [1.165, 1.54) is 24.0 Å². The van der Waals surface area contributed by atoms with E-state index in [9.17, 15) is 0 Å². The number of aryl methyl sites for hydroxylation is 1. The van der Waals surface area contributed by atoms with E-state index in [0.29, 0.717) is 5.92 Å². The number of nitrogens with zero attached hydrogens (tertiary/aromatic N) is 1. The summed E-state index contributed by atoms with van der Waals surface area (Å²) in [5, 5.41) is 0. The Labute approximate surface area is 103 Å². The smallest absolute Gasteiger partial charge is 0.174 e. The van der Waals surface area contributed by atoms with Crippen LogP contribution in [0.3, 0.4) is 0 Å². The molecule has 2 aliphatic rings. The van der Waals surface area contributed by atoms with E-state index in [1.807, 2.05) is 0 Å². The molecule has 0 radical (unpaired) electrons. The first-order valence-electron chi connectivity index (χ1n) is 6.47. The van der Waals surface area contributed by atoms with Crippen LogP contribution in [0.5, 0.6) is 0 Å². The fourth-order valence-corrected chi connectivity index (χ4v) is 3.11. The molecule has 3 rings (SSSR count). The first-order chi connectivity index (χ1) is 8.24. The van der Waals surface area contributed by atoms with Crippen LogP contribution in [0.4, 0.5) is 0 Å². The maximum absolute atomic E-state index is 6.10. The molecule has 1 aliphatic heterocycles. The zero-order chi connectivity index (χ0) is 11.8. The maximum atomic E-state index is 6.10. The molecular formula is C15H20NO+. The van der Waals surface area contributed by atoms with Crippen molar-refractivity contribution < 1.29 is 9.30 Å². The fourth-order valence-electron chi connectivity index (χ4n) is 3.11. The highest BCUT2D eigenvalue weighted by molar-refractivity contribution is 5.20. The van der Waals surface area contributed by atoms with Crippen molar-refractivity contribution >= 4 is 0 Å². The van der Waals surface area contributed by atoms with Gasteiger partial charge in [-0.2, -0.15) is 0 Å². The number of fused-ring (bicyclic) bond motifs is 2. The lowest BCUT2D eigenvalue weighted by molar-refractivity contribution is -0.672. The maximum Gasteiger partial charge on any atom is 0.174 e. The first kappa shape index (κ1) is 11.0. The minimum atomic E-state index is 0.259. The molecule has 0 aromatic carbocycles. The van der Waals surface area contributed by atoms with Gasteiger partial charge in [-0.05, 0) is 31.7 Å². The number of allylic oxidation sites excluding steroid dienone is 1. The Morgan fingerprint density at radius 1 is 1.41 bits per heavy atom. The number of hydrogen-bond acceptors (Lipinski definition) is 1. The molecule has 90 valence electrons. The van der Waals surface area contributed by atoms with Crippen LogP contribution in [0.25, 0.3) is 0 Å². The lowest BCUT2D eigenvalue weighted by Gasteiger charge is -2.39. The molecular weight excluding hydrogens is 210 g/mol. The van der Waals surface area contributed by atoms with Crippen molar-refractivity contribution in [2.45, 2.75) is 25.9 Å². The Balaban J connectivity index is 1.93. The van der Waals surface area contributed by atoms with Gasteiger partial charge >= 0.3 is 0 Å². The topological polar surface area (TPSA) is 13.1 Å². The van der Waals surface area contributed by atoms with Gasteiger partial charge in [-0.25, -0.2) is 4.57 Å². The number of hydrogen-bond donors (Lipinski definition) is 0. The average Bonchev–Trinajstić information content (AvgIpc) is 2.34. The Hall–Kier alpha value is -1.15. The van der Waals surface area contributed by atoms with Crippen LogP contribution in [0, 0.1) is 11.8 Å². The molecule has 0 saturated carbocycles. The summed E-state index contributed by atoms with van der Waals surface area (Å²) in [6, 6.07) is 4.29. The van der Waals surface area contributed by atoms with E-state index in [0.717, 1.165) is 12.5 Å². The van der Waals surface area contributed by atoms with Gasteiger partial charge in [0, 0.05) is 17.5 Å². The Kier molecular flexibility index (Phi) is 2.75. The number of rotatable bonds is 1. The van der Waals surface area contributed by atoms with Crippen molar-refractivity contribution in [3.8, 4) is 0 Å². The standard InChI is InChI=1S/C15H20NO/c1-11-5-6-12-8-14(11)15(17-10-12)13-4-3-7-16(2)9-13/h3-5,7,9,12,14-15H,6,8,10H2,1-2H3/q+1/t12-,14+,15+/m1/s1. The highest BCUT2D eigenvalue weighted by Gasteiger charge is 2.36. The Morgan fingerprint density at radius 2 is 2.29 bits per heavy atom. The summed E-state index contributed by atoms with van der Waals surface area (Å²) < 4.78 is 8.21. The molecule has 1 aliphatic carbocycles. The fraction of sp³-hybridized carbons (Fsp3) is 0.533. The number of pyridine rings is 1. The van der Waals surface area contributed by atoms with E-state index in [1.54, 1.807) is 0 Å². The molecule has 0 amide bonds. The molecule has 17 heavy (non-hydrogen) atoms. The Morgan fingerprint density at radius 3 is 3.12 bits per heavy atom. The molecule has 2 nitrogen and oxygen atoms in total. The predicted octanol–water partition coefficient (Wildman–Crippen LogP) is 2.55. The second-order valence-electron chi connectivity index (χ2n) is 5.45. The van der Waals surface area contributed by atoms with Crippen molar-refractivity contribution in [2.75, 3.05) is 6.61 Å². The summed E-state index contributed by atoms with van der Waals surface area (Å²) in [7, 11) is 2.07. The lowest BCUT2D eigenvalue weighted by Crippen LogP contribution is -2.34. The molecule has 1 aromatic heterocycles. The minimum absolute atomic E-state index is 0.259. The summed E-state index contributed by atoms with van der Waals surface area (Å²) >= 11 is 0. The third kappa shape index (κ3) is 2.02. The molecule has 2 heteroatoms. The largest absolute Gasteiger partial charge is 0.372 e. The van der Waals surface area contributed by atoms with E-state index >= 15 is 0 Å². The van der Waals surface area contributed by atoms with Crippen molar-refractivity contribution in [3.63, 3.8) is 0 Å². The van der Waals surface area contributed by atoms with Crippen LogP contribution in [0.2, 0.25) is 0 Å². The quantitative estimate of drug-likeness (QED) is 0.534. The predicted molar refractivity (Wildman–Crippen MR) is 66.3 cm³/mol. The van der Waals surface area contributed by atoms with Gasteiger partial charge in [-0.1, -0.05) is 11.6 Å². The molecule has 2 heterocycles.